The molecule has 0 radical (unpaired) electrons. The average Bonchev–Trinajstić information content (AvgIpc) is 3.57. The summed E-state index contributed by atoms with van der Waals surface area (Å²) in [4.78, 5) is 3.25. The summed E-state index contributed by atoms with van der Waals surface area (Å²) in [7, 11) is 0. The van der Waals surface area contributed by atoms with Crippen molar-refractivity contribution in [2.45, 2.75) is 0 Å². The van der Waals surface area contributed by atoms with E-state index in [1.54, 1.807) is 20.0 Å². The third kappa shape index (κ3) is 9.92. The summed E-state index contributed by atoms with van der Waals surface area (Å²) in [6.07, 6.45) is 0. The maximum Gasteiger partial charge on any atom is -0.0809 e. The monoisotopic (exact) mass is 474 g/mol. The van der Waals surface area contributed by atoms with Gasteiger partial charge in [-0.25, -0.2) is 0 Å². The molecule has 6 aromatic carbocycles. The van der Waals surface area contributed by atoms with E-state index < -0.39 is 0 Å². The van der Waals surface area contributed by atoms with Gasteiger partial charge in [0.05, 0.1) is 0 Å². The zero-order chi connectivity index (χ0) is 24.4. The molecular weight excluding hydrogens is 444 g/mol. The molecule has 0 unspecified atom stereocenters. The van der Waals surface area contributed by atoms with E-state index in [1.807, 2.05) is 60.7 Å². The van der Waals surface area contributed by atoms with Gasteiger partial charge in [-0.2, -0.15) is 84.3 Å². The predicted octanol–water partition coefficient (Wildman–Crippen LogP) is 8.82. The SMILES string of the molecule is [CH2-]c1ccccc1.[CH2-]c1ccccc1.[CH2]=[Ti].c1ccc2[cH-]ccc2c1.c1ccc2[cH-]ccc2c1. The first-order valence-corrected chi connectivity index (χ1v) is 12.1. The molecule has 170 valence electrons. The molecule has 6 rings (SSSR count). The van der Waals surface area contributed by atoms with Gasteiger partial charge in [-0.05, 0) is 0 Å². The molecule has 0 aliphatic carbocycles. The molecule has 0 bridgehead atoms. The second kappa shape index (κ2) is 16.1. The van der Waals surface area contributed by atoms with Crippen LogP contribution < -0.4 is 0 Å². The van der Waals surface area contributed by atoms with E-state index in [2.05, 4.69) is 104 Å². The van der Waals surface area contributed by atoms with Crippen LogP contribution in [-0.4, -0.2) is 4.82 Å². The number of hydrogen-bond acceptors (Lipinski definition) is 0. The van der Waals surface area contributed by atoms with E-state index in [1.165, 1.54) is 21.5 Å². The van der Waals surface area contributed by atoms with Crippen LogP contribution in [0.2, 0.25) is 0 Å². The molecule has 0 heterocycles. The zero-order valence-electron chi connectivity index (χ0n) is 19.5. The summed E-state index contributed by atoms with van der Waals surface area (Å²) in [5, 5.41) is 5.32. The van der Waals surface area contributed by atoms with Gasteiger partial charge < -0.3 is 0 Å². The second-order valence-corrected chi connectivity index (χ2v) is 7.28. The number of fused-ring (bicyclic) bond motifs is 2. The molecule has 0 aromatic heterocycles. The Labute approximate surface area is 216 Å². The minimum absolute atomic E-state index is 1.07. The maximum absolute atomic E-state index is 3.72. The van der Waals surface area contributed by atoms with Crippen LogP contribution in [0.4, 0.5) is 0 Å². The number of hydrogen-bond donors (Lipinski definition) is 0. The van der Waals surface area contributed by atoms with Crippen molar-refractivity contribution >= 4 is 26.4 Å². The molecule has 0 aliphatic heterocycles. The molecular formula is C33H30Ti-4. The fraction of sp³-hybridized carbons (Fsp3) is 0. The number of benzene rings is 4. The van der Waals surface area contributed by atoms with Gasteiger partial charge in [-0.3, -0.25) is 0 Å². The molecule has 0 amide bonds. The van der Waals surface area contributed by atoms with Crippen LogP contribution >= 0.6 is 0 Å². The first kappa shape index (κ1) is 26.7. The Kier molecular flexibility index (Phi) is 12.6. The Morgan fingerprint density at radius 2 is 0.765 bits per heavy atom. The van der Waals surface area contributed by atoms with Crippen LogP contribution in [0.5, 0.6) is 0 Å². The molecule has 0 atom stereocenters. The molecule has 0 aliphatic rings. The Morgan fingerprint density at radius 3 is 1.06 bits per heavy atom. The van der Waals surface area contributed by atoms with Crippen LogP contribution in [0.15, 0.2) is 146 Å². The minimum Gasteiger partial charge on any atom is -0.168 e. The molecule has 0 fully saturated rings. The molecule has 6 aromatic rings. The minimum atomic E-state index is 1.07. The van der Waals surface area contributed by atoms with Crippen molar-refractivity contribution in [1.82, 2.24) is 0 Å². The Morgan fingerprint density at radius 1 is 0.441 bits per heavy atom. The van der Waals surface area contributed by atoms with Crippen molar-refractivity contribution in [2.24, 2.45) is 0 Å². The number of rotatable bonds is 0. The summed E-state index contributed by atoms with van der Waals surface area (Å²) in [6, 6.07) is 49.1. The first-order valence-electron chi connectivity index (χ1n) is 11.0. The van der Waals surface area contributed by atoms with Crippen molar-refractivity contribution in [3.8, 4) is 0 Å². The maximum atomic E-state index is 3.72. The van der Waals surface area contributed by atoms with Gasteiger partial charge in [0.1, 0.15) is 0 Å². The quantitative estimate of drug-likeness (QED) is 0.152. The summed E-state index contributed by atoms with van der Waals surface area (Å²) in [5.74, 6) is 0. The van der Waals surface area contributed by atoms with E-state index in [4.69, 9.17) is 0 Å². The normalized spacial score (nSPS) is 9.03. The van der Waals surface area contributed by atoms with Gasteiger partial charge in [0.2, 0.25) is 0 Å². The first-order chi connectivity index (χ1) is 16.7. The molecule has 0 spiro atoms. The standard InChI is InChI=1S/2C9H7.2C7H7.CH2.Ti/c2*1-2-5-9-7-3-6-8(9)4-1;2*1-7-5-3-2-4-6-7;;/h2*1-7H;2*2-6H,1H2;1H2;/q4*-1;;. The fourth-order valence-electron chi connectivity index (χ4n) is 3.10. The molecule has 0 N–H and O–H groups in total. The van der Waals surface area contributed by atoms with E-state index in [0.717, 1.165) is 11.1 Å². The van der Waals surface area contributed by atoms with E-state index >= 15 is 0 Å². The molecule has 0 saturated heterocycles. The average molecular weight is 474 g/mol. The van der Waals surface area contributed by atoms with E-state index in [9.17, 15) is 0 Å². The van der Waals surface area contributed by atoms with Crippen LogP contribution in [0, 0.1) is 13.8 Å². The van der Waals surface area contributed by atoms with Crippen molar-refractivity contribution < 1.29 is 20.0 Å². The van der Waals surface area contributed by atoms with Crippen molar-refractivity contribution in [2.75, 3.05) is 0 Å². The largest absolute Gasteiger partial charge is 0.168 e. The van der Waals surface area contributed by atoms with Crippen LogP contribution in [0.1, 0.15) is 11.1 Å². The van der Waals surface area contributed by atoms with Gasteiger partial charge in [0, 0.05) is 0 Å². The predicted molar refractivity (Wildman–Crippen MR) is 148 cm³/mol. The summed E-state index contributed by atoms with van der Waals surface area (Å²) in [5.41, 5.74) is 2.14. The third-order valence-electron chi connectivity index (χ3n) is 4.78. The van der Waals surface area contributed by atoms with Gasteiger partial charge >= 0.3 is 24.8 Å². The van der Waals surface area contributed by atoms with Gasteiger partial charge in [0.15, 0.2) is 0 Å². The smallest absolute Gasteiger partial charge is 0.0809 e. The Bertz CT molecular complexity index is 1130. The van der Waals surface area contributed by atoms with Gasteiger partial charge in [-0.15, -0.1) is 83.6 Å². The third-order valence-corrected chi connectivity index (χ3v) is 4.78. The fourth-order valence-corrected chi connectivity index (χ4v) is 3.10. The van der Waals surface area contributed by atoms with Crippen LogP contribution in [0.3, 0.4) is 0 Å². The molecule has 0 saturated carbocycles. The Hall–Kier alpha value is -3.58. The second-order valence-electron chi connectivity index (χ2n) is 7.28. The summed E-state index contributed by atoms with van der Waals surface area (Å²) < 4.78 is 0. The van der Waals surface area contributed by atoms with Crippen molar-refractivity contribution in [1.29, 1.82) is 0 Å². The molecule has 34 heavy (non-hydrogen) atoms. The topological polar surface area (TPSA) is 0 Å². The van der Waals surface area contributed by atoms with Crippen LogP contribution in [0.25, 0.3) is 21.5 Å². The summed E-state index contributed by atoms with van der Waals surface area (Å²) in [6.45, 7) is 7.44. The molecule has 0 nitrogen and oxygen atoms in total. The van der Waals surface area contributed by atoms with Gasteiger partial charge in [-0.1, -0.05) is 24.3 Å². The van der Waals surface area contributed by atoms with Crippen molar-refractivity contribution in [3.63, 3.8) is 0 Å². The summed E-state index contributed by atoms with van der Waals surface area (Å²) >= 11 is 1.75. The van der Waals surface area contributed by atoms with Gasteiger partial charge in [0.25, 0.3) is 0 Å². The molecule has 1 heteroatoms. The van der Waals surface area contributed by atoms with E-state index in [-0.39, 0.29) is 0 Å². The zero-order valence-corrected chi connectivity index (χ0v) is 21.0. The van der Waals surface area contributed by atoms with Crippen LogP contribution in [-0.2, 0) is 20.0 Å². The van der Waals surface area contributed by atoms with Crippen molar-refractivity contribution in [3.05, 3.63) is 171 Å². The van der Waals surface area contributed by atoms with E-state index in [0.29, 0.717) is 0 Å². The Balaban J connectivity index is 0.000000157.